The standard InChI is InChI=1S/C16H25F2N/c1-4-7-19-16(6-5-12(2)3)10-13-8-14(17)11-15(18)9-13/h8-9,11-12,16,19H,4-7,10H2,1-3H3. The Hall–Kier alpha value is -0.960. The first kappa shape index (κ1) is 16.1. The van der Waals surface area contributed by atoms with Crippen LogP contribution in [0.5, 0.6) is 0 Å². The van der Waals surface area contributed by atoms with Gasteiger partial charge in [0.05, 0.1) is 0 Å². The number of hydrogen-bond acceptors (Lipinski definition) is 1. The van der Waals surface area contributed by atoms with Gasteiger partial charge in [0, 0.05) is 12.1 Å². The molecule has 0 saturated heterocycles. The zero-order valence-corrected chi connectivity index (χ0v) is 12.2. The molecule has 0 heterocycles. The number of benzene rings is 1. The molecule has 19 heavy (non-hydrogen) atoms. The van der Waals surface area contributed by atoms with Gasteiger partial charge in [-0.1, -0.05) is 20.8 Å². The van der Waals surface area contributed by atoms with Crippen LogP contribution in [0.1, 0.15) is 45.6 Å². The Bertz CT molecular complexity index is 357. The van der Waals surface area contributed by atoms with E-state index in [2.05, 4.69) is 26.1 Å². The van der Waals surface area contributed by atoms with Crippen molar-refractivity contribution in [2.24, 2.45) is 5.92 Å². The summed E-state index contributed by atoms with van der Waals surface area (Å²) in [4.78, 5) is 0. The second-order valence-electron chi connectivity index (χ2n) is 5.60. The molecule has 0 fully saturated rings. The van der Waals surface area contributed by atoms with Crippen LogP contribution in [0.25, 0.3) is 0 Å². The lowest BCUT2D eigenvalue weighted by Gasteiger charge is -2.19. The quantitative estimate of drug-likeness (QED) is 0.741. The maximum atomic E-state index is 13.2. The minimum atomic E-state index is -0.492. The molecule has 1 nitrogen and oxygen atoms in total. The molecule has 0 bridgehead atoms. The van der Waals surface area contributed by atoms with Crippen LogP contribution in [0.4, 0.5) is 8.78 Å². The van der Waals surface area contributed by atoms with Crippen LogP contribution in [0.2, 0.25) is 0 Å². The lowest BCUT2D eigenvalue weighted by atomic mass is 9.97. The number of halogens is 2. The topological polar surface area (TPSA) is 12.0 Å². The predicted molar refractivity (Wildman–Crippen MR) is 76.2 cm³/mol. The molecule has 0 amide bonds. The smallest absolute Gasteiger partial charge is 0.126 e. The zero-order chi connectivity index (χ0) is 14.3. The molecule has 1 N–H and O–H groups in total. The average molecular weight is 269 g/mol. The number of nitrogens with one attached hydrogen (secondary N) is 1. The lowest BCUT2D eigenvalue weighted by Crippen LogP contribution is -2.32. The molecule has 1 aromatic rings. The van der Waals surface area contributed by atoms with E-state index in [1.165, 1.54) is 12.1 Å². The Kier molecular flexibility index (Phi) is 7.00. The van der Waals surface area contributed by atoms with Gasteiger partial charge in [-0.2, -0.15) is 0 Å². The van der Waals surface area contributed by atoms with E-state index in [-0.39, 0.29) is 0 Å². The summed E-state index contributed by atoms with van der Waals surface area (Å²) < 4.78 is 26.4. The normalized spacial score (nSPS) is 12.9. The Morgan fingerprint density at radius 1 is 1.05 bits per heavy atom. The highest BCUT2D eigenvalue weighted by Crippen LogP contribution is 2.14. The molecule has 0 aliphatic heterocycles. The van der Waals surface area contributed by atoms with Crippen molar-refractivity contribution in [3.05, 3.63) is 35.4 Å². The summed E-state index contributed by atoms with van der Waals surface area (Å²) in [6.07, 6.45) is 3.91. The summed E-state index contributed by atoms with van der Waals surface area (Å²) in [5.41, 5.74) is 0.731. The Morgan fingerprint density at radius 3 is 2.21 bits per heavy atom. The third-order valence-electron chi connectivity index (χ3n) is 3.18. The van der Waals surface area contributed by atoms with Crippen LogP contribution >= 0.6 is 0 Å². The average Bonchev–Trinajstić information content (AvgIpc) is 2.31. The monoisotopic (exact) mass is 269 g/mol. The molecule has 0 aromatic heterocycles. The maximum Gasteiger partial charge on any atom is 0.126 e. The van der Waals surface area contributed by atoms with Crippen molar-refractivity contribution in [3.8, 4) is 0 Å². The van der Waals surface area contributed by atoms with E-state index in [9.17, 15) is 8.78 Å². The molecule has 1 unspecified atom stereocenters. The van der Waals surface area contributed by atoms with Gasteiger partial charge in [-0.15, -0.1) is 0 Å². The van der Waals surface area contributed by atoms with E-state index in [4.69, 9.17) is 0 Å². The molecule has 0 spiro atoms. The van der Waals surface area contributed by atoms with E-state index in [0.717, 1.165) is 37.4 Å². The van der Waals surface area contributed by atoms with Gasteiger partial charge in [0.1, 0.15) is 11.6 Å². The first-order chi connectivity index (χ1) is 9.01. The third-order valence-corrected chi connectivity index (χ3v) is 3.18. The molecular formula is C16H25F2N. The van der Waals surface area contributed by atoms with Crippen molar-refractivity contribution in [2.45, 2.75) is 52.5 Å². The van der Waals surface area contributed by atoms with Crippen LogP contribution in [0, 0.1) is 17.6 Å². The molecule has 1 aromatic carbocycles. The highest BCUT2D eigenvalue weighted by Gasteiger charge is 2.11. The fraction of sp³-hybridized carbons (Fsp3) is 0.625. The minimum Gasteiger partial charge on any atom is -0.314 e. The summed E-state index contributed by atoms with van der Waals surface area (Å²) in [5, 5.41) is 3.47. The summed E-state index contributed by atoms with van der Waals surface area (Å²) in [5.74, 6) is -0.337. The van der Waals surface area contributed by atoms with E-state index >= 15 is 0 Å². The molecule has 108 valence electrons. The predicted octanol–water partition coefficient (Wildman–Crippen LogP) is 4.31. The summed E-state index contributed by atoms with van der Waals surface area (Å²) in [7, 11) is 0. The molecule has 1 atom stereocenters. The minimum absolute atomic E-state index is 0.295. The highest BCUT2D eigenvalue weighted by atomic mass is 19.1. The zero-order valence-electron chi connectivity index (χ0n) is 12.2. The number of hydrogen-bond donors (Lipinski definition) is 1. The van der Waals surface area contributed by atoms with E-state index in [0.29, 0.717) is 18.4 Å². The van der Waals surface area contributed by atoms with E-state index in [1.807, 2.05) is 0 Å². The van der Waals surface area contributed by atoms with Gasteiger partial charge in [-0.05, 0) is 55.8 Å². The molecule has 0 radical (unpaired) electrons. The van der Waals surface area contributed by atoms with Gasteiger partial charge in [0.25, 0.3) is 0 Å². The van der Waals surface area contributed by atoms with Crippen LogP contribution in [-0.4, -0.2) is 12.6 Å². The van der Waals surface area contributed by atoms with E-state index < -0.39 is 11.6 Å². The lowest BCUT2D eigenvalue weighted by molar-refractivity contribution is 0.426. The summed E-state index contributed by atoms with van der Waals surface area (Å²) in [6, 6.07) is 4.08. The van der Waals surface area contributed by atoms with Crippen molar-refractivity contribution >= 4 is 0 Å². The maximum absolute atomic E-state index is 13.2. The van der Waals surface area contributed by atoms with Crippen LogP contribution in [-0.2, 0) is 6.42 Å². The van der Waals surface area contributed by atoms with Gasteiger partial charge in [-0.25, -0.2) is 8.78 Å². The fourth-order valence-electron chi connectivity index (χ4n) is 2.17. The molecule has 3 heteroatoms. The van der Waals surface area contributed by atoms with Crippen molar-refractivity contribution in [3.63, 3.8) is 0 Å². The Morgan fingerprint density at radius 2 is 1.68 bits per heavy atom. The van der Waals surface area contributed by atoms with Gasteiger partial charge in [0.15, 0.2) is 0 Å². The molecular weight excluding hydrogens is 244 g/mol. The van der Waals surface area contributed by atoms with Crippen molar-refractivity contribution in [2.75, 3.05) is 6.54 Å². The summed E-state index contributed by atoms with van der Waals surface area (Å²) >= 11 is 0. The van der Waals surface area contributed by atoms with Gasteiger partial charge in [0.2, 0.25) is 0 Å². The second kappa shape index (κ2) is 8.26. The first-order valence-corrected chi connectivity index (χ1v) is 7.19. The van der Waals surface area contributed by atoms with Crippen LogP contribution in [0.3, 0.4) is 0 Å². The second-order valence-corrected chi connectivity index (χ2v) is 5.60. The fourth-order valence-corrected chi connectivity index (χ4v) is 2.17. The first-order valence-electron chi connectivity index (χ1n) is 7.19. The van der Waals surface area contributed by atoms with Crippen molar-refractivity contribution < 1.29 is 8.78 Å². The summed E-state index contributed by atoms with van der Waals surface area (Å²) in [6.45, 7) is 7.45. The Labute approximate surface area is 115 Å². The van der Waals surface area contributed by atoms with Crippen molar-refractivity contribution in [1.29, 1.82) is 0 Å². The molecule has 0 aliphatic rings. The highest BCUT2D eigenvalue weighted by molar-refractivity contribution is 5.19. The van der Waals surface area contributed by atoms with Gasteiger partial charge >= 0.3 is 0 Å². The molecule has 0 aliphatic carbocycles. The Balaban J connectivity index is 2.63. The largest absolute Gasteiger partial charge is 0.314 e. The van der Waals surface area contributed by atoms with Gasteiger partial charge < -0.3 is 5.32 Å². The van der Waals surface area contributed by atoms with Crippen LogP contribution in [0.15, 0.2) is 18.2 Å². The van der Waals surface area contributed by atoms with E-state index in [1.54, 1.807) is 0 Å². The third kappa shape index (κ3) is 6.67. The SMILES string of the molecule is CCCNC(CCC(C)C)Cc1cc(F)cc(F)c1. The van der Waals surface area contributed by atoms with Crippen LogP contribution < -0.4 is 5.32 Å². The molecule has 1 rings (SSSR count). The van der Waals surface area contributed by atoms with Gasteiger partial charge in [-0.3, -0.25) is 0 Å². The van der Waals surface area contributed by atoms with Crippen molar-refractivity contribution in [1.82, 2.24) is 5.32 Å². The number of rotatable bonds is 8. The molecule has 0 saturated carbocycles.